The molecular formula is C15H21NO3. The zero-order chi connectivity index (χ0) is 13.8. The molecule has 1 aromatic heterocycles. The number of fused-ring (bicyclic) bond motifs is 1. The molecule has 1 aromatic carbocycles. The van der Waals surface area contributed by atoms with E-state index in [0.717, 1.165) is 16.7 Å². The molecule has 0 saturated carbocycles. The van der Waals surface area contributed by atoms with Crippen LogP contribution in [0.4, 0.5) is 0 Å². The average molecular weight is 263 g/mol. The molecule has 4 heteroatoms. The first-order valence-electron chi connectivity index (χ1n) is 6.62. The lowest BCUT2D eigenvalue weighted by Gasteiger charge is -2.24. The van der Waals surface area contributed by atoms with Gasteiger partial charge in [0.2, 0.25) is 0 Å². The van der Waals surface area contributed by atoms with E-state index in [1.807, 2.05) is 30.3 Å². The highest BCUT2D eigenvalue weighted by atomic mass is 16.3. The van der Waals surface area contributed by atoms with Crippen molar-refractivity contribution in [1.82, 2.24) is 5.32 Å². The van der Waals surface area contributed by atoms with Crippen molar-refractivity contribution in [3.63, 3.8) is 0 Å². The minimum atomic E-state index is -0.333. The Kier molecular flexibility index (Phi) is 4.58. The summed E-state index contributed by atoms with van der Waals surface area (Å²) in [6.07, 6.45) is 0. The van der Waals surface area contributed by atoms with Crippen molar-refractivity contribution in [1.29, 1.82) is 0 Å². The smallest absolute Gasteiger partial charge is 0.134 e. The molecule has 0 aliphatic rings. The van der Waals surface area contributed by atoms with Crippen molar-refractivity contribution in [2.45, 2.75) is 25.9 Å². The van der Waals surface area contributed by atoms with Gasteiger partial charge in [-0.2, -0.15) is 0 Å². The van der Waals surface area contributed by atoms with Gasteiger partial charge >= 0.3 is 0 Å². The lowest BCUT2D eigenvalue weighted by Crippen LogP contribution is -2.40. The zero-order valence-electron chi connectivity index (χ0n) is 11.3. The first kappa shape index (κ1) is 14.1. The second-order valence-corrected chi connectivity index (χ2v) is 5.14. The molecule has 3 N–H and O–H groups in total. The maximum atomic E-state index is 9.19. The predicted molar refractivity (Wildman–Crippen MR) is 74.9 cm³/mol. The number of rotatable bonds is 6. The van der Waals surface area contributed by atoms with Crippen molar-refractivity contribution in [3.8, 4) is 0 Å². The average Bonchev–Trinajstić information content (AvgIpc) is 2.83. The lowest BCUT2D eigenvalue weighted by atomic mass is 10.0. The monoisotopic (exact) mass is 263 g/mol. The van der Waals surface area contributed by atoms with Crippen LogP contribution in [-0.2, 0) is 0 Å². The van der Waals surface area contributed by atoms with E-state index in [1.54, 1.807) is 0 Å². The summed E-state index contributed by atoms with van der Waals surface area (Å²) in [6, 6.07) is 9.51. The van der Waals surface area contributed by atoms with Crippen LogP contribution in [0.5, 0.6) is 0 Å². The molecule has 2 aromatic rings. The van der Waals surface area contributed by atoms with Crippen LogP contribution in [0.2, 0.25) is 0 Å². The van der Waals surface area contributed by atoms with Crippen molar-refractivity contribution in [2.75, 3.05) is 13.2 Å². The first-order valence-corrected chi connectivity index (χ1v) is 6.62. The summed E-state index contributed by atoms with van der Waals surface area (Å²) >= 11 is 0. The van der Waals surface area contributed by atoms with Crippen LogP contribution in [0.3, 0.4) is 0 Å². The summed E-state index contributed by atoms with van der Waals surface area (Å²) in [4.78, 5) is 0. The van der Waals surface area contributed by atoms with Crippen LogP contribution in [0, 0.1) is 5.92 Å². The Morgan fingerprint density at radius 2 is 1.84 bits per heavy atom. The van der Waals surface area contributed by atoms with Gasteiger partial charge in [-0.15, -0.1) is 0 Å². The number of furan rings is 1. The van der Waals surface area contributed by atoms with Gasteiger partial charge in [-0.3, -0.25) is 5.32 Å². The predicted octanol–water partition coefficient (Wildman–Crippen LogP) is 2.07. The van der Waals surface area contributed by atoms with Crippen molar-refractivity contribution < 1.29 is 14.6 Å². The van der Waals surface area contributed by atoms with Gasteiger partial charge < -0.3 is 14.6 Å². The number of benzene rings is 1. The molecule has 0 radical (unpaired) electrons. The largest absolute Gasteiger partial charge is 0.459 e. The summed E-state index contributed by atoms with van der Waals surface area (Å²) < 4.78 is 5.86. The molecule has 0 spiro atoms. The third kappa shape index (κ3) is 3.15. The van der Waals surface area contributed by atoms with E-state index in [0.29, 0.717) is 5.92 Å². The second-order valence-electron chi connectivity index (χ2n) is 5.14. The molecule has 0 aliphatic carbocycles. The van der Waals surface area contributed by atoms with Gasteiger partial charge in [0.05, 0.1) is 25.3 Å². The lowest BCUT2D eigenvalue weighted by molar-refractivity contribution is 0.150. The van der Waals surface area contributed by atoms with Gasteiger partial charge in [0, 0.05) is 5.39 Å². The molecule has 1 heterocycles. The van der Waals surface area contributed by atoms with Crippen LogP contribution in [0.15, 0.2) is 34.7 Å². The Morgan fingerprint density at radius 3 is 2.42 bits per heavy atom. The van der Waals surface area contributed by atoms with E-state index >= 15 is 0 Å². The van der Waals surface area contributed by atoms with Crippen molar-refractivity contribution in [2.24, 2.45) is 5.92 Å². The Morgan fingerprint density at radius 1 is 1.16 bits per heavy atom. The summed E-state index contributed by atoms with van der Waals surface area (Å²) in [6.45, 7) is 3.97. The van der Waals surface area contributed by atoms with Crippen LogP contribution < -0.4 is 5.32 Å². The molecule has 19 heavy (non-hydrogen) atoms. The van der Waals surface area contributed by atoms with E-state index in [1.165, 1.54) is 0 Å². The summed E-state index contributed by atoms with van der Waals surface area (Å²) in [5.41, 5.74) is 0.856. The van der Waals surface area contributed by atoms with Gasteiger partial charge in [0.25, 0.3) is 0 Å². The number of aliphatic hydroxyl groups is 2. The Balaban J connectivity index is 2.27. The van der Waals surface area contributed by atoms with Crippen molar-refractivity contribution in [3.05, 3.63) is 36.1 Å². The van der Waals surface area contributed by atoms with E-state index in [9.17, 15) is 10.2 Å². The molecule has 0 amide bonds. The van der Waals surface area contributed by atoms with Crippen molar-refractivity contribution >= 4 is 11.0 Å². The fourth-order valence-electron chi connectivity index (χ4n) is 2.18. The quantitative estimate of drug-likeness (QED) is 0.746. The van der Waals surface area contributed by atoms with Crippen LogP contribution in [-0.4, -0.2) is 29.5 Å². The van der Waals surface area contributed by atoms with Crippen LogP contribution >= 0.6 is 0 Å². The number of aliphatic hydroxyl groups excluding tert-OH is 2. The number of nitrogens with one attached hydrogen (secondary N) is 1. The van der Waals surface area contributed by atoms with Gasteiger partial charge in [0.1, 0.15) is 11.3 Å². The third-order valence-corrected chi connectivity index (χ3v) is 3.27. The minimum Gasteiger partial charge on any atom is -0.459 e. The highest BCUT2D eigenvalue weighted by Crippen LogP contribution is 2.28. The van der Waals surface area contributed by atoms with E-state index < -0.39 is 0 Å². The topological polar surface area (TPSA) is 65.6 Å². The van der Waals surface area contributed by atoms with Crippen LogP contribution in [0.1, 0.15) is 25.6 Å². The molecule has 0 unspecified atom stereocenters. The summed E-state index contributed by atoms with van der Waals surface area (Å²) in [7, 11) is 0. The highest BCUT2D eigenvalue weighted by molar-refractivity contribution is 5.77. The highest BCUT2D eigenvalue weighted by Gasteiger charge is 2.22. The van der Waals surface area contributed by atoms with E-state index in [4.69, 9.17) is 4.42 Å². The van der Waals surface area contributed by atoms with Gasteiger partial charge in [-0.05, 0) is 18.1 Å². The fraction of sp³-hybridized carbons (Fsp3) is 0.467. The van der Waals surface area contributed by atoms with Gasteiger partial charge in [-0.1, -0.05) is 32.0 Å². The maximum absolute atomic E-state index is 9.19. The number of para-hydroxylation sites is 1. The zero-order valence-corrected chi connectivity index (χ0v) is 11.3. The molecule has 1 atom stereocenters. The SMILES string of the molecule is CC(C)[C@H](NC(CO)CO)c1cc2ccccc2o1. The number of hydrogen-bond acceptors (Lipinski definition) is 4. The Hall–Kier alpha value is -1.36. The van der Waals surface area contributed by atoms with Gasteiger partial charge in [-0.25, -0.2) is 0 Å². The first-order chi connectivity index (χ1) is 9.15. The normalized spacial score (nSPS) is 13.6. The fourth-order valence-corrected chi connectivity index (χ4v) is 2.18. The molecule has 0 bridgehead atoms. The van der Waals surface area contributed by atoms with Gasteiger partial charge in [0.15, 0.2) is 0 Å². The van der Waals surface area contributed by atoms with E-state index in [-0.39, 0.29) is 25.3 Å². The number of hydrogen-bond donors (Lipinski definition) is 3. The molecule has 4 nitrogen and oxygen atoms in total. The molecule has 0 fully saturated rings. The molecule has 2 rings (SSSR count). The molecule has 104 valence electrons. The molecular weight excluding hydrogens is 242 g/mol. The molecule has 0 aliphatic heterocycles. The summed E-state index contributed by atoms with van der Waals surface area (Å²) in [5, 5.41) is 22.7. The second kappa shape index (κ2) is 6.19. The summed E-state index contributed by atoms with van der Waals surface area (Å²) in [5.74, 6) is 1.13. The van der Waals surface area contributed by atoms with E-state index in [2.05, 4.69) is 19.2 Å². The molecule has 0 saturated heterocycles. The standard InChI is InChI=1S/C15H21NO3/c1-10(2)15(16-12(8-17)9-18)14-7-11-5-3-4-6-13(11)19-14/h3-7,10,12,15-18H,8-9H2,1-2H3/t15-/m0/s1. The Bertz CT molecular complexity index is 484. The maximum Gasteiger partial charge on any atom is 0.134 e. The minimum absolute atomic E-state index is 0.0308. The van der Waals surface area contributed by atoms with Crippen LogP contribution in [0.25, 0.3) is 11.0 Å². The Labute approximate surface area is 113 Å². The third-order valence-electron chi connectivity index (χ3n) is 3.27.